The van der Waals surface area contributed by atoms with Gasteiger partial charge in [0, 0.05) is 19.2 Å². The van der Waals surface area contributed by atoms with Gasteiger partial charge in [0.2, 0.25) is 0 Å². The molecule has 1 fully saturated rings. The molecule has 0 amide bonds. The summed E-state index contributed by atoms with van der Waals surface area (Å²) in [5.41, 5.74) is 1.07. The van der Waals surface area contributed by atoms with Crippen molar-refractivity contribution in [1.29, 1.82) is 0 Å². The Labute approximate surface area is 104 Å². The van der Waals surface area contributed by atoms with Gasteiger partial charge < -0.3 is 14.7 Å². The molecule has 0 bridgehead atoms. The fraction of sp³-hybridized carbons (Fsp3) is 0.308. The predicted octanol–water partition coefficient (Wildman–Crippen LogP) is 1.76. The number of halogens is 1. The van der Waals surface area contributed by atoms with Gasteiger partial charge in [0.25, 0.3) is 0 Å². The standard InChI is InChI=1S/C13H14FNO3/c14-11-9-10(2-4-13(16)17)1-3-12(11)15-5-7-18-8-6-15/h1-4,9H,5-8H2,(H,16,17)/b4-2+. The van der Waals surface area contributed by atoms with Gasteiger partial charge in [0.15, 0.2) is 0 Å². The monoisotopic (exact) mass is 251 g/mol. The highest BCUT2D eigenvalue weighted by Gasteiger charge is 2.14. The zero-order chi connectivity index (χ0) is 13.0. The minimum Gasteiger partial charge on any atom is -0.478 e. The van der Waals surface area contributed by atoms with E-state index in [0.29, 0.717) is 37.6 Å². The fourth-order valence-corrected chi connectivity index (χ4v) is 1.86. The average molecular weight is 251 g/mol. The lowest BCUT2D eigenvalue weighted by molar-refractivity contribution is -0.131. The maximum Gasteiger partial charge on any atom is 0.328 e. The fourth-order valence-electron chi connectivity index (χ4n) is 1.86. The van der Waals surface area contributed by atoms with Crippen LogP contribution in [-0.4, -0.2) is 37.4 Å². The van der Waals surface area contributed by atoms with Gasteiger partial charge in [-0.25, -0.2) is 9.18 Å². The minimum atomic E-state index is -1.05. The largest absolute Gasteiger partial charge is 0.478 e. The number of rotatable bonds is 3. The SMILES string of the molecule is O=C(O)/C=C/c1ccc(N2CCOCC2)c(F)c1. The zero-order valence-corrected chi connectivity index (χ0v) is 9.80. The van der Waals surface area contributed by atoms with Crippen LogP contribution in [0.25, 0.3) is 6.08 Å². The number of carboxylic acid groups (broad SMARTS) is 1. The summed E-state index contributed by atoms with van der Waals surface area (Å²) in [6, 6.07) is 4.71. The smallest absolute Gasteiger partial charge is 0.328 e. The third-order valence-electron chi connectivity index (χ3n) is 2.74. The first-order valence-corrected chi connectivity index (χ1v) is 5.70. The van der Waals surface area contributed by atoms with E-state index in [1.165, 1.54) is 12.1 Å². The number of hydrogen-bond acceptors (Lipinski definition) is 3. The maximum atomic E-state index is 13.9. The Morgan fingerprint density at radius 3 is 2.72 bits per heavy atom. The Kier molecular flexibility index (Phi) is 3.94. The van der Waals surface area contributed by atoms with Crippen molar-refractivity contribution in [2.75, 3.05) is 31.2 Å². The predicted molar refractivity (Wildman–Crippen MR) is 66.1 cm³/mol. The summed E-state index contributed by atoms with van der Waals surface area (Å²) in [4.78, 5) is 12.3. The van der Waals surface area contributed by atoms with Gasteiger partial charge in [-0.1, -0.05) is 6.07 Å². The van der Waals surface area contributed by atoms with E-state index in [0.717, 1.165) is 6.08 Å². The van der Waals surface area contributed by atoms with E-state index in [-0.39, 0.29) is 5.82 Å². The zero-order valence-electron chi connectivity index (χ0n) is 9.80. The number of benzene rings is 1. The van der Waals surface area contributed by atoms with E-state index < -0.39 is 5.97 Å². The molecule has 0 unspecified atom stereocenters. The number of morpholine rings is 1. The summed E-state index contributed by atoms with van der Waals surface area (Å²) < 4.78 is 19.1. The van der Waals surface area contributed by atoms with Gasteiger partial charge >= 0.3 is 5.97 Å². The van der Waals surface area contributed by atoms with Crippen molar-refractivity contribution < 1.29 is 19.0 Å². The van der Waals surface area contributed by atoms with Crippen molar-refractivity contribution in [2.45, 2.75) is 0 Å². The van der Waals surface area contributed by atoms with E-state index in [2.05, 4.69) is 0 Å². The van der Waals surface area contributed by atoms with Crippen LogP contribution in [0.3, 0.4) is 0 Å². The topological polar surface area (TPSA) is 49.8 Å². The van der Waals surface area contributed by atoms with E-state index in [9.17, 15) is 9.18 Å². The lowest BCUT2D eigenvalue weighted by Gasteiger charge is -2.29. The van der Waals surface area contributed by atoms with Crippen molar-refractivity contribution in [1.82, 2.24) is 0 Å². The molecule has 4 nitrogen and oxygen atoms in total. The lowest BCUT2D eigenvalue weighted by atomic mass is 10.1. The van der Waals surface area contributed by atoms with Crippen LogP contribution < -0.4 is 4.90 Å². The number of nitrogens with zero attached hydrogens (tertiary/aromatic N) is 1. The molecule has 1 saturated heterocycles. The Morgan fingerprint density at radius 1 is 1.39 bits per heavy atom. The minimum absolute atomic E-state index is 0.343. The molecule has 0 atom stereocenters. The second-order valence-electron chi connectivity index (χ2n) is 3.98. The van der Waals surface area contributed by atoms with Crippen molar-refractivity contribution in [3.8, 4) is 0 Å². The molecule has 1 aromatic carbocycles. The summed E-state index contributed by atoms with van der Waals surface area (Å²) in [5, 5.41) is 8.50. The Morgan fingerprint density at radius 2 is 2.11 bits per heavy atom. The van der Waals surface area contributed by atoms with Crippen molar-refractivity contribution in [3.63, 3.8) is 0 Å². The summed E-state index contributed by atoms with van der Waals surface area (Å²) in [7, 11) is 0. The van der Waals surface area contributed by atoms with Gasteiger partial charge in [-0.3, -0.25) is 0 Å². The number of carboxylic acids is 1. The molecule has 1 aliphatic heterocycles. The molecule has 0 radical (unpaired) electrons. The second-order valence-corrected chi connectivity index (χ2v) is 3.98. The molecule has 1 aromatic rings. The molecular weight excluding hydrogens is 237 g/mol. The quantitative estimate of drug-likeness (QED) is 0.832. The highest BCUT2D eigenvalue weighted by Crippen LogP contribution is 2.22. The molecule has 0 saturated carbocycles. The van der Waals surface area contributed by atoms with Crippen LogP contribution in [-0.2, 0) is 9.53 Å². The molecule has 1 heterocycles. The third kappa shape index (κ3) is 3.07. The van der Waals surface area contributed by atoms with Crippen LogP contribution >= 0.6 is 0 Å². The summed E-state index contributed by atoms with van der Waals surface area (Å²) in [5.74, 6) is -1.39. The molecule has 1 aliphatic rings. The van der Waals surface area contributed by atoms with Crippen LogP contribution in [0.15, 0.2) is 24.3 Å². The van der Waals surface area contributed by atoms with Gasteiger partial charge in [-0.05, 0) is 23.8 Å². The number of aliphatic carboxylic acids is 1. The van der Waals surface area contributed by atoms with Crippen molar-refractivity contribution in [2.24, 2.45) is 0 Å². The molecule has 1 N–H and O–H groups in total. The van der Waals surface area contributed by atoms with Gasteiger partial charge in [0.05, 0.1) is 18.9 Å². The number of anilines is 1. The molecule has 18 heavy (non-hydrogen) atoms. The molecule has 5 heteroatoms. The van der Waals surface area contributed by atoms with E-state index in [1.807, 2.05) is 4.90 Å². The average Bonchev–Trinajstić information content (AvgIpc) is 2.37. The van der Waals surface area contributed by atoms with Gasteiger partial charge in [0.1, 0.15) is 5.82 Å². The van der Waals surface area contributed by atoms with Crippen LogP contribution in [0.4, 0.5) is 10.1 Å². The first kappa shape index (κ1) is 12.6. The molecule has 0 aliphatic carbocycles. The van der Waals surface area contributed by atoms with Gasteiger partial charge in [-0.2, -0.15) is 0 Å². The molecule has 0 aromatic heterocycles. The number of hydrogen-bond donors (Lipinski definition) is 1. The second kappa shape index (κ2) is 5.64. The molecular formula is C13H14FNO3. The first-order valence-electron chi connectivity index (χ1n) is 5.70. The van der Waals surface area contributed by atoms with Crippen LogP contribution in [0.2, 0.25) is 0 Å². The van der Waals surface area contributed by atoms with E-state index in [1.54, 1.807) is 12.1 Å². The van der Waals surface area contributed by atoms with E-state index in [4.69, 9.17) is 9.84 Å². The molecule has 2 rings (SSSR count). The Balaban J connectivity index is 2.16. The molecule has 0 spiro atoms. The normalized spacial score (nSPS) is 16.2. The van der Waals surface area contributed by atoms with Gasteiger partial charge in [-0.15, -0.1) is 0 Å². The van der Waals surface area contributed by atoms with Crippen LogP contribution in [0.5, 0.6) is 0 Å². The highest BCUT2D eigenvalue weighted by atomic mass is 19.1. The Hall–Kier alpha value is -1.88. The number of carbonyl (C=O) groups is 1. The van der Waals surface area contributed by atoms with Crippen molar-refractivity contribution in [3.05, 3.63) is 35.7 Å². The lowest BCUT2D eigenvalue weighted by Crippen LogP contribution is -2.36. The third-order valence-corrected chi connectivity index (χ3v) is 2.74. The van der Waals surface area contributed by atoms with E-state index >= 15 is 0 Å². The first-order chi connectivity index (χ1) is 8.66. The Bertz CT molecular complexity index is 467. The van der Waals surface area contributed by atoms with Crippen LogP contribution in [0, 0.1) is 5.82 Å². The maximum absolute atomic E-state index is 13.9. The molecule has 96 valence electrons. The number of ether oxygens (including phenoxy) is 1. The van der Waals surface area contributed by atoms with Crippen molar-refractivity contribution >= 4 is 17.7 Å². The summed E-state index contributed by atoms with van der Waals surface area (Å²) in [6.07, 6.45) is 2.36. The van der Waals surface area contributed by atoms with Crippen LogP contribution in [0.1, 0.15) is 5.56 Å². The highest BCUT2D eigenvalue weighted by molar-refractivity contribution is 5.85. The summed E-state index contributed by atoms with van der Waals surface area (Å²) >= 11 is 0. The summed E-state index contributed by atoms with van der Waals surface area (Å²) in [6.45, 7) is 2.53.